The van der Waals surface area contributed by atoms with Gasteiger partial charge in [0.05, 0.1) is 0 Å². The predicted molar refractivity (Wildman–Crippen MR) is 129 cm³/mol. The zero-order valence-electron chi connectivity index (χ0n) is 19.6. The zero-order chi connectivity index (χ0) is 23.7. The van der Waals surface area contributed by atoms with Crippen molar-refractivity contribution in [3.05, 3.63) is 53.2 Å². The fourth-order valence-electron chi connectivity index (χ4n) is 5.84. The van der Waals surface area contributed by atoms with Gasteiger partial charge in [0, 0.05) is 29.8 Å². The second-order valence-corrected chi connectivity index (χ2v) is 10.1. The van der Waals surface area contributed by atoms with E-state index in [1.54, 1.807) is 6.08 Å². The van der Waals surface area contributed by atoms with Crippen molar-refractivity contribution < 1.29 is 19.2 Å². The van der Waals surface area contributed by atoms with Gasteiger partial charge in [-0.2, -0.15) is 4.98 Å². The fourth-order valence-corrected chi connectivity index (χ4v) is 5.84. The first-order valence-corrected chi connectivity index (χ1v) is 12.3. The van der Waals surface area contributed by atoms with Crippen LogP contribution in [0.3, 0.4) is 0 Å². The summed E-state index contributed by atoms with van der Waals surface area (Å²) >= 11 is 0. The molecule has 1 N–H and O–H groups in total. The summed E-state index contributed by atoms with van der Waals surface area (Å²) in [6.45, 7) is 2.52. The van der Waals surface area contributed by atoms with Crippen LogP contribution in [0.25, 0.3) is 11.6 Å². The third-order valence-corrected chi connectivity index (χ3v) is 7.61. The Morgan fingerprint density at radius 3 is 2.68 bits per heavy atom. The smallest absolute Gasteiger partial charge is 0.328 e. The van der Waals surface area contributed by atoms with Crippen LogP contribution in [0.5, 0.6) is 0 Å². The van der Waals surface area contributed by atoms with E-state index in [2.05, 4.69) is 10.1 Å². The summed E-state index contributed by atoms with van der Waals surface area (Å²) in [5, 5.41) is 12.9. The lowest BCUT2D eigenvalue weighted by Crippen LogP contribution is -2.49. The highest BCUT2D eigenvalue weighted by Gasteiger charge is 2.48. The number of aliphatic carboxylic acids is 1. The van der Waals surface area contributed by atoms with E-state index < -0.39 is 5.97 Å². The maximum Gasteiger partial charge on any atom is 0.328 e. The minimum absolute atomic E-state index is 0.0685. The van der Waals surface area contributed by atoms with Crippen LogP contribution in [0.15, 0.2) is 40.4 Å². The second kappa shape index (κ2) is 9.20. The minimum Gasteiger partial charge on any atom is -0.478 e. The van der Waals surface area contributed by atoms with E-state index in [9.17, 15) is 9.59 Å². The largest absolute Gasteiger partial charge is 0.478 e. The Hall–Kier alpha value is -3.22. The van der Waals surface area contributed by atoms with Crippen LogP contribution in [0.1, 0.15) is 75.1 Å². The summed E-state index contributed by atoms with van der Waals surface area (Å²) < 4.78 is 5.42. The number of carbonyl (C=O) groups excluding carboxylic acids is 1. The standard InChI is InChI=1S/C27H31N3O4/c1-18-28-25(34-29-18)23-12-13-27(15-21(23)16-27)17-30(26(33)20-7-3-2-4-8-20)22-9-5-6-19(14-22)10-11-24(31)32/h5-6,9-11,14,20H,2-4,7-8,12-13,15-17H2,1H3,(H,31,32)/b11-10+. The number of carboxylic acids is 1. The molecule has 0 atom stereocenters. The first-order valence-electron chi connectivity index (χ1n) is 12.3. The van der Waals surface area contributed by atoms with Gasteiger partial charge in [-0.3, -0.25) is 4.79 Å². The van der Waals surface area contributed by atoms with Gasteiger partial charge < -0.3 is 14.5 Å². The molecule has 178 valence electrons. The van der Waals surface area contributed by atoms with Gasteiger partial charge in [0.25, 0.3) is 5.89 Å². The van der Waals surface area contributed by atoms with Gasteiger partial charge in [0.2, 0.25) is 5.91 Å². The Labute approximate surface area is 199 Å². The van der Waals surface area contributed by atoms with Gasteiger partial charge in [-0.25, -0.2) is 4.79 Å². The summed E-state index contributed by atoms with van der Waals surface area (Å²) in [6.07, 6.45) is 11.8. The van der Waals surface area contributed by atoms with Crippen molar-refractivity contribution >= 4 is 29.2 Å². The summed E-state index contributed by atoms with van der Waals surface area (Å²) in [5.74, 6) is 0.597. The first-order chi connectivity index (χ1) is 16.4. The van der Waals surface area contributed by atoms with Gasteiger partial charge in [-0.05, 0) is 74.6 Å². The highest BCUT2D eigenvalue weighted by molar-refractivity contribution is 5.96. The van der Waals surface area contributed by atoms with Crippen molar-refractivity contribution in [1.82, 2.24) is 10.1 Å². The number of carboxylic acid groups (broad SMARTS) is 1. The maximum atomic E-state index is 13.8. The van der Waals surface area contributed by atoms with E-state index in [0.29, 0.717) is 18.3 Å². The average Bonchev–Trinajstić information content (AvgIpc) is 3.27. The Kier molecular flexibility index (Phi) is 6.11. The molecule has 4 aliphatic carbocycles. The van der Waals surface area contributed by atoms with Gasteiger partial charge >= 0.3 is 5.97 Å². The van der Waals surface area contributed by atoms with Crippen molar-refractivity contribution in [3.63, 3.8) is 0 Å². The number of nitrogens with zero attached hydrogens (tertiary/aromatic N) is 3. The maximum absolute atomic E-state index is 13.8. The summed E-state index contributed by atoms with van der Waals surface area (Å²) in [6, 6.07) is 7.68. The molecule has 1 amide bonds. The van der Waals surface area contributed by atoms with E-state index in [4.69, 9.17) is 9.63 Å². The molecule has 1 heterocycles. The number of aromatic nitrogens is 2. The molecule has 0 saturated heterocycles. The normalized spacial score (nSPS) is 19.8. The number of hydrogen-bond acceptors (Lipinski definition) is 5. The fraction of sp³-hybridized carbons (Fsp3) is 0.481. The van der Waals surface area contributed by atoms with Crippen molar-refractivity contribution in [2.24, 2.45) is 11.3 Å². The lowest BCUT2D eigenvalue weighted by Gasteiger charge is -2.51. The lowest BCUT2D eigenvalue weighted by molar-refractivity contribution is -0.131. The molecule has 2 fully saturated rings. The van der Waals surface area contributed by atoms with Crippen LogP contribution in [0.4, 0.5) is 5.69 Å². The van der Waals surface area contributed by atoms with Gasteiger partial charge in [0.15, 0.2) is 5.82 Å². The van der Waals surface area contributed by atoms with E-state index >= 15 is 0 Å². The Morgan fingerprint density at radius 2 is 2.03 bits per heavy atom. The summed E-state index contributed by atoms with van der Waals surface area (Å²) in [5.41, 5.74) is 4.27. The first kappa shape index (κ1) is 22.6. The monoisotopic (exact) mass is 461 g/mol. The van der Waals surface area contributed by atoms with Crippen LogP contribution in [-0.4, -0.2) is 33.7 Å². The predicted octanol–water partition coefficient (Wildman–Crippen LogP) is 5.42. The summed E-state index contributed by atoms with van der Waals surface area (Å²) in [7, 11) is 0. The van der Waals surface area contributed by atoms with Gasteiger partial charge in [-0.1, -0.05) is 42.1 Å². The van der Waals surface area contributed by atoms with E-state index in [0.717, 1.165) is 68.7 Å². The Morgan fingerprint density at radius 1 is 1.24 bits per heavy atom. The minimum atomic E-state index is -0.984. The Bertz CT molecular complexity index is 1150. The van der Waals surface area contributed by atoms with Crippen LogP contribution in [0, 0.1) is 18.3 Å². The molecule has 0 aliphatic heterocycles. The van der Waals surface area contributed by atoms with Crippen LogP contribution in [0.2, 0.25) is 0 Å². The number of aryl methyl sites for hydroxylation is 1. The number of anilines is 1. The molecule has 0 radical (unpaired) electrons. The molecule has 2 saturated carbocycles. The van der Waals surface area contributed by atoms with Crippen molar-refractivity contribution in [1.29, 1.82) is 0 Å². The van der Waals surface area contributed by atoms with Crippen LogP contribution < -0.4 is 4.90 Å². The quantitative estimate of drug-likeness (QED) is 0.553. The van der Waals surface area contributed by atoms with E-state index in [1.807, 2.05) is 36.1 Å². The van der Waals surface area contributed by atoms with Gasteiger partial charge in [0.1, 0.15) is 0 Å². The third-order valence-electron chi connectivity index (χ3n) is 7.61. The van der Waals surface area contributed by atoms with Crippen LogP contribution >= 0.6 is 0 Å². The van der Waals surface area contributed by atoms with E-state index in [-0.39, 0.29) is 17.2 Å². The molecule has 0 unspecified atom stereocenters. The Balaban J connectivity index is 1.40. The molecular weight excluding hydrogens is 430 g/mol. The second-order valence-electron chi connectivity index (χ2n) is 10.1. The summed E-state index contributed by atoms with van der Waals surface area (Å²) in [4.78, 5) is 31.2. The molecular formula is C27H31N3O4. The topological polar surface area (TPSA) is 96.5 Å². The van der Waals surface area contributed by atoms with Crippen LogP contribution in [-0.2, 0) is 9.59 Å². The number of fused-ring (bicyclic) bond motifs is 2. The molecule has 0 spiro atoms. The highest BCUT2D eigenvalue weighted by atomic mass is 16.5. The molecule has 4 aliphatic rings. The number of amides is 1. The third kappa shape index (κ3) is 4.56. The zero-order valence-corrected chi connectivity index (χ0v) is 19.6. The number of hydrogen-bond donors (Lipinski definition) is 1. The molecule has 2 bridgehead atoms. The van der Waals surface area contributed by atoms with Crippen molar-refractivity contribution in [2.45, 2.75) is 64.7 Å². The van der Waals surface area contributed by atoms with Crippen molar-refractivity contribution in [2.75, 3.05) is 11.4 Å². The molecule has 1 aromatic carbocycles. The molecule has 7 heteroatoms. The number of rotatable bonds is 7. The highest BCUT2D eigenvalue weighted by Crippen LogP contribution is 2.57. The van der Waals surface area contributed by atoms with E-state index in [1.165, 1.54) is 17.6 Å². The van der Waals surface area contributed by atoms with Gasteiger partial charge in [-0.15, -0.1) is 0 Å². The lowest BCUT2D eigenvalue weighted by atomic mass is 9.57. The molecule has 6 rings (SSSR count). The molecule has 34 heavy (non-hydrogen) atoms. The molecule has 2 aromatic rings. The molecule has 1 aromatic heterocycles. The SMILES string of the molecule is Cc1noc(C2=C3CC(CN(C(=O)C4CCCCC4)c4cccc(/C=C/C(=O)O)c4)(CC2)C3)n1. The number of allylic oxidation sites excluding steroid dienone is 2. The van der Waals surface area contributed by atoms with Crippen molar-refractivity contribution in [3.8, 4) is 0 Å². The average molecular weight is 462 g/mol. The number of benzene rings is 1. The number of carbonyl (C=O) groups is 2. The molecule has 7 nitrogen and oxygen atoms in total.